The van der Waals surface area contributed by atoms with Gasteiger partial charge in [-0.15, -0.1) is 0 Å². The zero-order valence-electron chi connectivity index (χ0n) is 3.81. The minimum absolute atomic E-state index is 0.475. The van der Waals surface area contributed by atoms with E-state index in [4.69, 9.17) is 11.0 Å². The first-order valence-corrected chi connectivity index (χ1v) is 2.08. The summed E-state index contributed by atoms with van der Waals surface area (Å²) < 4.78 is 0. The highest BCUT2D eigenvalue weighted by Crippen LogP contribution is 1.91. The van der Waals surface area contributed by atoms with Gasteiger partial charge in [-0.1, -0.05) is 5.53 Å². The first-order chi connectivity index (χ1) is 3.29. The summed E-state index contributed by atoms with van der Waals surface area (Å²) >= 11 is 0. The average molecular weight is 104 g/mol. The molecule has 5 nitrogen and oxygen atoms in total. The molecule has 1 saturated heterocycles. The first kappa shape index (κ1) is 4.95. The molecule has 0 aliphatic carbocycles. The van der Waals surface area contributed by atoms with E-state index in [9.17, 15) is 0 Å². The lowest BCUT2D eigenvalue weighted by Crippen LogP contribution is -3.11. The maximum Gasteiger partial charge on any atom is 0.0324 e. The fraction of sp³-hybridized carbons (Fsp3) is 1.00. The normalized spacial score (nSPS) is 24.9. The van der Waals surface area contributed by atoms with Gasteiger partial charge in [-0.25, -0.2) is 5.21 Å². The molecule has 4 N–H and O–H groups in total. The lowest BCUT2D eigenvalue weighted by atomic mass is 11.0. The van der Waals surface area contributed by atoms with E-state index in [1.54, 1.807) is 5.01 Å². The van der Waals surface area contributed by atoms with Gasteiger partial charge in [-0.2, -0.15) is 10.3 Å². The minimum Gasteiger partial charge on any atom is -0.412 e. The Morgan fingerprint density at radius 1 is 1.71 bits per heavy atom. The number of hydrogen-bond acceptors (Lipinski definition) is 3. The maximum atomic E-state index is 8.19. The van der Waals surface area contributed by atoms with E-state index in [1.807, 2.05) is 0 Å². The molecule has 7 heavy (non-hydrogen) atoms. The molecule has 0 bridgehead atoms. The largest absolute Gasteiger partial charge is 0.412 e. The predicted octanol–water partition coefficient (Wildman–Crippen LogP) is -2.04. The quantitative estimate of drug-likeness (QED) is 0.279. The number of quaternary nitrogens is 1. The van der Waals surface area contributed by atoms with Crippen molar-refractivity contribution in [3.63, 3.8) is 0 Å². The van der Waals surface area contributed by atoms with Gasteiger partial charge in [-0.3, -0.25) is 0 Å². The molecule has 1 unspecified atom stereocenters. The second kappa shape index (κ2) is 1.73. The predicted molar refractivity (Wildman–Crippen MR) is 21.8 cm³/mol. The number of rotatable bonds is 2. The molecular formula is C2H8N4O. The van der Waals surface area contributed by atoms with E-state index in [0.717, 1.165) is 13.1 Å². The number of nitrogens with zero attached hydrogens (tertiary/aromatic N) is 1. The molecule has 0 amide bonds. The molecule has 0 aromatic rings. The highest BCUT2D eigenvalue weighted by atomic mass is 16.6. The molecule has 1 rings (SSSR count). The van der Waals surface area contributed by atoms with Crippen LogP contribution in [0.25, 0.3) is 5.84 Å². The maximum absolute atomic E-state index is 8.19. The van der Waals surface area contributed by atoms with Crippen LogP contribution in [0, 0.1) is 0 Å². The molecule has 0 saturated carbocycles. The summed E-state index contributed by atoms with van der Waals surface area (Å²) in [6.45, 7) is 1.87. The van der Waals surface area contributed by atoms with Gasteiger partial charge in [0.05, 0.1) is 0 Å². The van der Waals surface area contributed by atoms with Crippen molar-refractivity contribution in [1.29, 1.82) is 0 Å². The van der Waals surface area contributed by atoms with Crippen molar-refractivity contribution in [2.24, 2.45) is 0 Å². The Bertz CT molecular complexity index is 60.7. The van der Waals surface area contributed by atoms with Crippen LogP contribution < -0.4 is 10.8 Å². The van der Waals surface area contributed by atoms with Gasteiger partial charge in [0, 0.05) is 13.1 Å². The second-order valence-electron chi connectivity index (χ2n) is 1.45. The van der Waals surface area contributed by atoms with Crippen LogP contribution in [-0.2, 0) is 0 Å². The summed E-state index contributed by atoms with van der Waals surface area (Å²) in [6, 6.07) is 0. The van der Waals surface area contributed by atoms with E-state index >= 15 is 0 Å². The van der Waals surface area contributed by atoms with Crippen molar-refractivity contribution in [3.05, 3.63) is 5.84 Å². The Morgan fingerprint density at radius 3 is 2.43 bits per heavy atom. The Kier molecular flexibility index (Phi) is 1.22. The molecular weight excluding hydrogens is 96.0 g/mol. The van der Waals surface area contributed by atoms with Gasteiger partial charge < -0.3 is 5.84 Å². The van der Waals surface area contributed by atoms with Gasteiger partial charge in [0.25, 0.3) is 0 Å². The molecule has 1 fully saturated rings. The van der Waals surface area contributed by atoms with Crippen molar-refractivity contribution in [3.8, 4) is 0 Å². The second-order valence-corrected chi connectivity index (χ2v) is 1.45. The van der Waals surface area contributed by atoms with Crippen molar-refractivity contribution in [1.82, 2.24) is 10.5 Å². The average Bonchev–Trinajstić information content (AvgIpc) is 2.17. The molecule has 5 heteroatoms. The molecule has 0 radical (unpaired) electrons. The summed E-state index contributed by atoms with van der Waals surface area (Å²) in [5.74, 6) is 6.47. The molecule has 1 heterocycles. The van der Waals surface area contributed by atoms with Gasteiger partial charge in [0.1, 0.15) is 0 Å². The number of nitrogens with one attached hydrogen (secondary N) is 3. The lowest BCUT2D eigenvalue weighted by molar-refractivity contribution is -1.09. The topological polar surface area (TPSA) is 63.5 Å². The summed E-state index contributed by atoms with van der Waals surface area (Å²) in [6.07, 6.45) is 0. The fourth-order valence-corrected chi connectivity index (χ4v) is 0.312. The summed E-state index contributed by atoms with van der Waals surface area (Å²) in [5.41, 5.74) is 2.39. The standard InChI is InChI=1S/C2H8N4O/c3-6(7)4-5-1-2-5/h3-4,6-7H,1-2H2. The zero-order chi connectivity index (χ0) is 5.28. The molecule has 0 spiro atoms. The third kappa shape index (κ3) is 1.81. The molecule has 1 atom stereocenters. The van der Waals surface area contributed by atoms with Crippen LogP contribution in [-0.4, -0.2) is 23.3 Å². The third-order valence-electron chi connectivity index (χ3n) is 0.711. The lowest BCUT2D eigenvalue weighted by Gasteiger charge is -2.10. The summed E-state index contributed by atoms with van der Waals surface area (Å²) in [5, 5.41) is 9.44. The summed E-state index contributed by atoms with van der Waals surface area (Å²) in [4.78, 5) is 0. The highest BCUT2D eigenvalue weighted by molar-refractivity contribution is 4.62. The first-order valence-electron chi connectivity index (χ1n) is 2.08. The fourth-order valence-electron chi connectivity index (χ4n) is 0.312. The van der Waals surface area contributed by atoms with Gasteiger partial charge in [0.2, 0.25) is 0 Å². The highest BCUT2D eigenvalue weighted by Gasteiger charge is 2.18. The van der Waals surface area contributed by atoms with Crippen LogP contribution in [0.3, 0.4) is 0 Å². The Morgan fingerprint density at radius 2 is 2.29 bits per heavy atom. The number of hydrazine groups is 1. The van der Waals surface area contributed by atoms with Crippen molar-refractivity contribution in [2.45, 2.75) is 0 Å². The van der Waals surface area contributed by atoms with Gasteiger partial charge in [-0.05, 0) is 0 Å². The van der Waals surface area contributed by atoms with Crippen LogP contribution in [0.1, 0.15) is 0 Å². The molecule has 42 valence electrons. The van der Waals surface area contributed by atoms with Crippen LogP contribution >= 0.6 is 0 Å². The van der Waals surface area contributed by atoms with E-state index in [1.165, 1.54) is 0 Å². The number of hydrogen-bond donors (Lipinski definition) is 3. The zero-order valence-corrected chi connectivity index (χ0v) is 3.81. The van der Waals surface area contributed by atoms with Crippen LogP contribution in [0.2, 0.25) is 0 Å². The Labute approximate surface area is 41.2 Å². The van der Waals surface area contributed by atoms with Crippen LogP contribution in [0.5, 0.6) is 0 Å². The van der Waals surface area contributed by atoms with Crippen LogP contribution in [0.15, 0.2) is 0 Å². The van der Waals surface area contributed by atoms with Crippen molar-refractivity contribution < 1.29 is 10.5 Å². The summed E-state index contributed by atoms with van der Waals surface area (Å²) in [7, 11) is 0. The Balaban J connectivity index is 1.97. The Hall–Kier alpha value is -0.200. The minimum atomic E-state index is -0.475. The van der Waals surface area contributed by atoms with Crippen molar-refractivity contribution in [2.75, 3.05) is 13.1 Å². The van der Waals surface area contributed by atoms with Crippen LogP contribution in [0.4, 0.5) is 0 Å². The molecule has 0 aromatic carbocycles. The van der Waals surface area contributed by atoms with Gasteiger partial charge in [0.15, 0.2) is 0 Å². The molecule has 1 aliphatic rings. The SMILES string of the molecule is [NH-][NH+](O)NN1CC1. The molecule has 0 aromatic heterocycles. The van der Waals surface area contributed by atoms with E-state index < -0.39 is 5.28 Å². The van der Waals surface area contributed by atoms with E-state index in [0.29, 0.717) is 0 Å². The molecule has 1 aliphatic heterocycles. The van der Waals surface area contributed by atoms with Gasteiger partial charge >= 0.3 is 0 Å². The van der Waals surface area contributed by atoms with E-state index in [2.05, 4.69) is 5.53 Å². The monoisotopic (exact) mass is 104 g/mol. The third-order valence-corrected chi connectivity index (χ3v) is 0.711. The smallest absolute Gasteiger partial charge is 0.0324 e. The van der Waals surface area contributed by atoms with E-state index in [-0.39, 0.29) is 0 Å². The van der Waals surface area contributed by atoms with Crippen molar-refractivity contribution >= 4 is 0 Å².